The van der Waals surface area contributed by atoms with Gasteiger partial charge in [-0.2, -0.15) is 11.3 Å². The van der Waals surface area contributed by atoms with Crippen molar-refractivity contribution >= 4 is 29.2 Å². The summed E-state index contributed by atoms with van der Waals surface area (Å²) in [6.07, 6.45) is 7.05. The molecule has 2 aliphatic rings. The Morgan fingerprint density at radius 1 is 1.04 bits per heavy atom. The van der Waals surface area contributed by atoms with Crippen LogP contribution in [0.2, 0.25) is 0 Å². The highest BCUT2D eigenvalue weighted by Crippen LogP contribution is 2.17. The van der Waals surface area contributed by atoms with Gasteiger partial charge in [-0.1, -0.05) is 19.3 Å². The Balaban J connectivity index is 1.38. The van der Waals surface area contributed by atoms with Crippen LogP contribution in [0.25, 0.3) is 0 Å². The predicted octanol–water partition coefficient (Wildman–Crippen LogP) is 2.49. The summed E-state index contributed by atoms with van der Waals surface area (Å²) in [6.45, 7) is 3.26. The van der Waals surface area contributed by atoms with Crippen LogP contribution < -0.4 is 16.0 Å². The summed E-state index contributed by atoms with van der Waals surface area (Å²) in [5.41, 5.74) is 0.698. The second-order valence-corrected chi connectivity index (χ2v) is 8.55. The fraction of sp³-hybridized carbons (Fsp3) is 0.650. The van der Waals surface area contributed by atoms with Crippen LogP contribution in [0.5, 0.6) is 0 Å². The maximum absolute atomic E-state index is 12.4. The van der Waals surface area contributed by atoms with E-state index in [1.165, 1.54) is 17.8 Å². The number of nitrogens with one attached hydrogen (secondary N) is 3. The molecule has 1 saturated carbocycles. The summed E-state index contributed by atoms with van der Waals surface area (Å²) < 4.78 is 0. The standard InChI is InChI=1S/C20H30N4O3S/c1-14(18(25)23-20(27)22-16-5-3-2-4-6-16)24-10-7-17(8-11-24)21-19(26)15-9-12-28-13-15/h9,12-14,16-17H,2-8,10-11H2,1H3,(H,21,26)(H2,22,23,25,27). The van der Waals surface area contributed by atoms with E-state index in [1.807, 2.05) is 23.8 Å². The van der Waals surface area contributed by atoms with Gasteiger partial charge in [0, 0.05) is 36.1 Å². The Morgan fingerprint density at radius 3 is 2.36 bits per heavy atom. The molecule has 0 radical (unpaired) electrons. The molecule has 2 fully saturated rings. The lowest BCUT2D eigenvalue weighted by Gasteiger charge is -2.35. The molecule has 1 saturated heterocycles. The number of piperidine rings is 1. The van der Waals surface area contributed by atoms with Gasteiger partial charge in [0.2, 0.25) is 5.91 Å². The number of carbonyl (C=O) groups is 3. The lowest BCUT2D eigenvalue weighted by atomic mass is 9.96. The molecular formula is C20H30N4O3S. The zero-order valence-electron chi connectivity index (χ0n) is 16.4. The van der Waals surface area contributed by atoms with Gasteiger partial charge in [-0.15, -0.1) is 0 Å². The number of carbonyl (C=O) groups excluding carboxylic acids is 3. The lowest BCUT2D eigenvalue weighted by molar-refractivity contribution is -0.125. The van der Waals surface area contributed by atoms with Gasteiger partial charge in [-0.25, -0.2) is 4.79 Å². The van der Waals surface area contributed by atoms with Gasteiger partial charge in [0.05, 0.1) is 6.04 Å². The van der Waals surface area contributed by atoms with Gasteiger partial charge < -0.3 is 10.6 Å². The molecule has 1 aromatic heterocycles. The average molecular weight is 407 g/mol. The SMILES string of the molecule is CC(C(=O)NC(=O)NC1CCCCC1)N1CCC(NC(=O)c2ccsc2)CC1. The summed E-state index contributed by atoms with van der Waals surface area (Å²) in [4.78, 5) is 38.7. The molecule has 3 rings (SSSR count). The van der Waals surface area contributed by atoms with Gasteiger partial charge in [0.1, 0.15) is 0 Å². The maximum Gasteiger partial charge on any atom is 0.321 e. The number of urea groups is 1. The van der Waals surface area contributed by atoms with Crippen LogP contribution in [-0.2, 0) is 4.79 Å². The molecule has 1 unspecified atom stereocenters. The van der Waals surface area contributed by atoms with Crippen molar-refractivity contribution in [1.29, 1.82) is 0 Å². The quantitative estimate of drug-likeness (QED) is 0.701. The number of likely N-dealkylation sites (tertiary alicyclic amines) is 1. The Morgan fingerprint density at radius 2 is 1.71 bits per heavy atom. The average Bonchev–Trinajstić information content (AvgIpc) is 3.23. The van der Waals surface area contributed by atoms with Crippen LogP contribution in [0.4, 0.5) is 4.79 Å². The third-order valence-corrected chi connectivity index (χ3v) is 6.44. The van der Waals surface area contributed by atoms with E-state index in [4.69, 9.17) is 0 Å². The Hall–Kier alpha value is -1.93. The summed E-state index contributed by atoms with van der Waals surface area (Å²) in [5.74, 6) is -0.307. The van der Waals surface area contributed by atoms with Crippen LogP contribution in [0.3, 0.4) is 0 Å². The van der Waals surface area contributed by atoms with Gasteiger partial charge in [0.15, 0.2) is 0 Å². The minimum absolute atomic E-state index is 0.0372. The second kappa shape index (κ2) is 10.0. The summed E-state index contributed by atoms with van der Waals surface area (Å²) in [7, 11) is 0. The maximum atomic E-state index is 12.4. The highest BCUT2D eigenvalue weighted by atomic mass is 32.1. The molecule has 0 bridgehead atoms. The van der Waals surface area contributed by atoms with Gasteiger partial charge in [0.25, 0.3) is 5.91 Å². The van der Waals surface area contributed by atoms with E-state index in [0.29, 0.717) is 18.7 Å². The van der Waals surface area contributed by atoms with E-state index >= 15 is 0 Å². The Bertz CT molecular complexity index is 665. The van der Waals surface area contributed by atoms with Crippen LogP contribution >= 0.6 is 11.3 Å². The first-order valence-corrected chi connectivity index (χ1v) is 11.2. The number of rotatable bonds is 5. The van der Waals surface area contributed by atoms with Crippen molar-refractivity contribution in [1.82, 2.24) is 20.9 Å². The Kier molecular flexibility index (Phi) is 7.44. The largest absolute Gasteiger partial charge is 0.349 e. The molecule has 28 heavy (non-hydrogen) atoms. The fourth-order valence-corrected chi connectivity index (χ4v) is 4.58. The van der Waals surface area contributed by atoms with Crippen molar-refractivity contribution in [2.24, 2.45) is 0 Å². The van der Waals surface area contributed by atoms with Crippen LogP contribution in [0, 0.1) is 0 Å². The molecule has 0 aromatic carbocycles. The van der Waals surface area contributed by atoms with Crippen molar-refractivity contribution in [2.75, 3.05) is 13.1 Å². The number of amides is 4. The fourth-order valence-electron chi connectivity index (χ4n) is 3.94. The first-order chi connectivity index (χ1) is 13.5. The molecule has 1 aliphatic carbocycles. The molecule has 7 nitrogen and oxygen atoms in total. The van der Waals surface area contributed by atoms with Crippen molar-refractivity contribution in [3.8, 4) is 0 Å². The smallest absolute Gasteiger partial charge is 0.321 e. The van der Waals surface area contributed by atoms with Gasteiger partial charge in [-0.3, -0.25) is 19.8 Å². The molecule has 3 N–H and O–H groups in total. The first kappa shape index (κ1) is 20.8. The number of imide groups is 1. The number of hydrogen-bond acceptors (Lipinski definition) is 5. The van der Waals surface area contributed by atoms with Crippen LogP contribution in [0.15, 0.2) is 16.8 Å². The molecule has 154 valence electrons. The highest BCUT2D eigenvalue weighted by Gasteiger charge is 2.28. The van der Waals surface area contributed by atoms with Crippen molar-refractivity contribution in [2.45, 2.75) is 70.0 Å². The molecule has 1 aromatic rings. The van der Waals surface area contributed by atoms with Gasteiger partial charge in [-0.05, 0) is 44.1 Å². The van der Waals surface area contributed by atoms with E-state index in [-0.39, 0.29) is 36.0 Å². The zero-order chi connectivity index (χ0) is 19.9. The number of nitrogens with zero attached hydrogens (tertiary/aromatic N) is 1. The van der Waals surface area contributed by atoms with Crippen molar-refractivity contribution < 1.29 is 14.4 Å². The molecule has 1 atom stereocenters. The van der Waals surface area contributed by atoms with E-state index in [9.17, 15) is 14.4 Å². The first-order valence-electron chi connectivity index (χ1n) is 10.2. The third-order valence-electron chi connectivity index (χ3n) is 5.75. The Labute approximate surface area is 170 Å². The van der Waals surface area contributed by atoms with E-state index in [1.54, 1.807) is 0 Å². The molecule has 8 heteroatoms. The second-order valence-electron chi connectivity index (χ2n) is 7.77. The number of thiophene rings is 1. The molecular weight excluding hydrogens is 376 g/mol. The van der Waals surface area contributed by atoms with Crippen molar-refractivity contribution in [3.63, 3.8) is 0 Å². The van der Waals surface area contributed by atoms with Gasteiger partial charge >= 0.3 is 6.03 Å². The van der Waals surface area contributed by atoms with Crippen LogP contribution in [0.1, 0.15) is 62.2 Å². The number of hydrogen-bond donors (Lipinski definition) is 3. The highest BCUT2D eigenvalue weighted by molar-refractivity contribution is 7.08. The minimum Gasteiger partial charge on any atom is -0.349 e. The normalized spacial score (nSPS) is 20.3. The molecule has 2 heterocycles. The van der Waals surface area contributed by atoms with Crippen molar-refractivity contribution in [3.05, 3.63) is 22.4 Å². The van der Waals surface area contributed by atoms with Crippen LogP contribution in [-0.4, -0.2) is 54.0 Å². The summed E-state index contributed by atoms with van der Waals surface area (Å²) in [6, 6.07) is 1.36. The molecule has 1 aliphatic heterocycles. The zero-order valence-corrected chi connectivity index (χ0v) is 17.2. The monoisotopic (exact) mass is 406 g/mol. The predicted molar refractivity (Wildman–Crippen MR) is 109 cm³/mol. The lowest BCUT2D eigenvalue weighted by Crippen LogP contribution is -2.54. The topological polar surface area (TPSA) is 90.5 Å². The van der Waals surface area contributed by atoms with E-state index < -0.39 is 0 Å². The molecule has 4 amide bonds. The van der Waals surface area contributed by atoms with E-state index in [0.717, 1.165) is 38.5 Å². The third kappa shape index (κ3) is 5.78. The van der Waals surface area contributed by atoms with E-state index in [2.05, 4.69) is 20.9 Å². The molecule has 0 spiro atoms. The summed E-state index contributed by atoms with van der Waals surface area (Å²) in [5, 5.41) is 12.2. The minimum atomic E-state index is -0.387. The summed E-state index contributed by atoms with van der Waals surface area (Å²) >= 11 is 1.51.